The van der Waals surface area contributed by atoms with Gasteiger partial charge in [-0.05, 0) is 0 Å². The second-order valence-corrected chi connectivity index (χ2v) is 4.29. The van der Waals surface area contributed by atoms with Crippen LogP contribution in [0.4, 0.5) is 0 Å². The minimum atomic E-state index is -1.31. The van der Waals surface area contributed by atoms with E-state index in [1.54, 1.807) is 0 Å². The first-order valence-electron chi connectivity index (χ1n) is 6.07. The van der Waals surface area contributed by atoms with Gasteiger partial charge in [-0.15, -0.1) is 0 Å². The lowest BCUT2D eigenvalue weighted by Gasteiger charge is -2.16. The molecule has 0 aromatic rings. The summed E-state index contributed by atoms with van der Waals surface area (Å²) in [7, 11) is 0. The average molecular weight is 306 g/mol. The van der Waals surface area contributed by atoms with Gasteiger partial charge in [-0.25, -0.2) is 0 Å². The average Bonchev–Trinajstić information content (AvgIpc) is 2.30. The standard InChI is InChI=1S/C11H18N2O8/c14-8(15)3-6(4-9(16)17)12-1-2-13-7(11(20)21)5-10(18)19/h6-7,12-13H,1-5H2,(H,14,15)(H,16,17)(H,18,19)(H,20,21). The van der Waals surface area contributed by atoms with Gasteiger partial charge in [-0.3, -0.25) is 19.2 Å². The van der Waals surface area contributed by atoms with E-state index in [0.29, 0.717) is 0 Å². The van der Waals surface area contributed by atoms with Gasteiger partial charge >= 0.3 is 23.9 Å². The molecule has 21 heavy (non-hydrogen) atoms. The summed E-state index contributed by atoms with van der Waals surface area (Å²) < 4.78 is 0. The van der Waals surface area contributed by atoms with Crippen molar-refractivity contribution in [2.75, 3.05) is 13.1 Å². The zero-order valence-corrected chi connectivity index (χ0v) is 11.1. The van der Waals surface area contributed by atoms with E-state index in [-0.39, 0.29) is 25.9 Å². The van der Waals surface area contributed by atoms with E-state index in [9.17, 15) is 19.2 Å². The highest BCUT2D eigenvalue weighted by Crippen LogP contribution is 1.98. The van der Waals surface area contributed by atoms with E-state index in [1.165, 1.54) is 0 Å². The number of carboxylic acid groups (broad SMARTS) is 4. The molecule has 0 amide bonds. The van der Waals surface area contributed by atoms with Crippen LogP contribution in [0, 0.1) is 0 Å². The van der Waals surface area contributed by atoms with Crippen molar-refractivity contribution in [1.29, 1.82) is 0 Å². The number of hydrogen-bond donors (Lipinski definition) is 6. The molecule has 10 nitrogen and oxygen atoms in total. The summed E-state index contributed by atoms with van der Waals surface area (Å²) in [5.41, 5.74) is 0. The molecule has 0 radical (unpaired) electrons. The molecule has 10 heteroatoms. The molecule has 0 saturated heterocycles. The first-order valence-corrected chi connectivity index (χ1v) is 6.07. The lowest BCUT2D eigenvalue weighted by Crippen LogP contribution is -2.44. The molecule has 0 aliphatic carbocycles. The predicted molar refractivity (Wildman–Crippen MR) is 68.0 cm³/mol. The molecular formula is C11H18N2O8. The van der Waals surface area contributed by atoms with Gasteiger partial charge in [0.1, 0.15) is 6.04 Å². The topological polar surface area (TPSA) is 173 Å². The van der Waals surface area contributed by atoms with E-state index < -0.39 is 42.4 Å². The van der Waals surface area contributed by atoms with Gasteiger partial charge in [0.2, 0.25) is 0 Å². The van der Waals surface area contributed by atoms with Crippen LogP contribution < -0.4 is 10.6 Å². The maximum atomic E-state index is 10.8. The van der Waals surface area contributed by atoms with Crippen LogP contribution in [-0.4, -0.2) is 69.5 Å². The summed E-state index contributed by atoms with van der Waals surface area (Å²) in [5, 5.41) is 39.7. The van der Waals surface area contributed by atoms with Crippen molar-refractivity contribution in [3.05, 3.63) is 0 Å². The summed E-state index contributed by atoms with van der Waals surface area (Å²) in [5.74, 6) is -4.89. The molecule has 0 heterocycles. The highest BCUT2D eigenvalue weighted by Gasteiger charge is 2.20. The monoisotopic (exact) mass is 306 g/mol. The van der Waals surface area contributed by atoms with Crippen LogP contribution in [-0.2, 0) is 19.2 Å². The largest absolute Gasteiger partial charge is 0.481 e. The van der Waals surface area contributed by atoms with Gasteiger partial charge < -0.3 is 31.1 Å². The van der Waals surface area contributed by atoms with Crippen molar-refractivity contribution >= 4 is 23.9 Å². The van der Waals surface area contributed by atoms with Gasteiger partial charge in [0.05, 0.1) is 19.3 Å². The molecular weight excluding hydrogens is 288 g/mol. The minimum Gasteiger partial charge on any atom is -0.481 e. The first kappa shape index (κ1) is 18.8. The predicted octanol–water partition coefficient (Wildman–Crippen LogP) is -1.59. The van der Waals surface area contributed by atoms with Gasteiger partial charge in [0.15, 0.2) is 0 Å². The van der Waals surface area contributed by atoms with Crippen molar-refractivity contribution in [2.24, 2.45) is 0 Å². The molecule has 0 saturated carbocycles. The molecule has 0 aliphatic heterocycles. The fraction of sp³-hybridized carbons (Fsp3) is 0.636. The summed E-state index contributed by atoms with van der Waals surface area (Å²) in [6.45, 7) is 0.161. The molecule has 120 valence electrons. The van der Waals surface area contributed by atoms with Gasteiger partial charge in [-0.2, -0.15) is 0 Å². The second kappa shape index (κ2) is 9.66. The third-order valence-electron chi connectivity index (χ3n) is 2.47. The summed E-state index contributed by atoms with van der Waals surface area (Å²) in [4.78, 5) is 42.3. The lowest BCUT2D eigenvalue weighted by molar-refractivity contribution is -0.145. The van der Waals surface area contributed by atoms with Crippen molar-refractivity contribution in [2.45, 2.75) is 31.3 Å². The lowest BCUT2D eigenvalue weighted by atomic mass is 10.1. The second-order valence-electron chi connectivity index (χ2n) is 4.29. The number of aliphatic carboxylic acids is 4. The summed E-state index contributed by atoms with van der Waals surface area (Å²) >= 11 is 0. The molecule has 0 bridgehead atoms. The van der Waals surface area contributed by atoms with Crippen molar-refractivity contribution in [3.8, 4) is 0 Å². The number of rotatable bonds is 12. The van der Waals surface area contributed by atoms with E-state index in [4.69, 9.17) is 20.4 Å². The van der Waals surface area contributed by atoms with Crippen LogP contribution in [0.15, 0.2) is 0 Å². The van der Waals surface area contributed by atoms with Crippen LogP contribution in [0.25, 0.3) is 0 Å². The molecule has 0 aromatic heterocycles. The van der Waals surface area contributed by atoms with Crippen LogP contribution in [0.5, 0.6) is 0 Å². The smallest absolute Gasteiger partial charge is 0.321 e. The SMILES string of the molecule is O=C(O)CC(CC(=O)O)NCCNC(CC(=O)O)C(=O)O. The Morgan fingerprint density at radius 1 is 0.714 bits per heavy atom. The van der Waals surface area contributed by atoms with Crippen molar-refractivity contribution in [1.82, 2.24) is 10.6 Å². The van der Waals surface area contributed by atoms with Crippen LogP contribution in [0.3, 0.4) is 0 Å². The van der Waals surface area contributed by atoms with E-state index in [1.807, 2.05) is 0 Å². The molecule has 0 rings (SSSR count). The fourth-order valence-electron chi connectivity index (χ4n) is 1.58. The zero-order chi connectivity index (χ0) is 16.4. The Morgan fingerprint density at radius 2 is 1.14 bits per heavy atom. The van der Waals surface area contributed by atoms with Crippen molar-refractivity contribution in [3.63, 3.8) is 0 Å². The zero-order valence-electron chi connectivity index (χ0n) is 11.1. The Hall–Kier alpha value is -2.20. The van der Waals surface area contributed by atoms with E-state index in [2.05, 4.69) is 10.6 Å². The Labute approximate surface area is 119 Å². The van der Waals surface area contributed by atoms with Crippen LogP contribution in [0.2, 0.25) is 0 Å². The quantitative estimate of drug-likeness (QED) is 0.231. The number of nitrogens with one attached hydrogen (secondary N) is 2. The number of hydrogen-bond acceptors (Lipinski definition) is 6. The normalized spacial score (nSPS) is 12.0. The minimum absolute atomic E-state index is 0.0555. The summed E-state index contributed by atoms with van der Waals surface area (Å²) in [6, 6.07) is -2.05. The highest BCUT2D eigenvalue weighted by molar-refractivity contribution is 5.80. The van der Waals surface area contributed by atoms with Gasteiger partial charge in [0.25, 0.3) is 0 Å². The Morgan fingerprint density at radius 3 is 1.52 bits per heavy atom. The molecule has 0 aromatic carbocycles. The van der Waals surface area contributed by atoms with Gasteiger partial charge in [0, 0.05) is 19.1 Å². The molecule has 6 N–H and O–H groups in total. The number of carbonyl (C=O) groups is 4. The third kappa shape index (κ3) is 10.3. The first-order chi connectivity index (χ1) is 9.72. The highest BCUT2D eigenvalue weighted by atomic mass is 16.4. The maximum absolute atomic E-state index is 10.8. The van der Waals surface area contributed by atoms with Crippen molar-refractivity contribution < 1.29 is 39.6 Å². The van der Waals surface area contributed by atoms with Crippen LogP contribution in [0.1, 0.15) is 19.3 Å². The number of carboxylic acids is 4. The Bertz CT molecular complexity index is 382. The van der Waals surface area contributed by atoms with Gasteiger partial charge in [-0.1, -0.05) is 0 Å². The molecule has 0 spiro atoms. The molecule has 0 fully saturated rings. The molecule has 0 aliphatic rings. The van der Waals surface area contributed by atoms with Crippen LogP contribution >= 0.6 is 0 Å². The molecule has 1 atom stereocenters. The summed E-state index contributed by atoms with van der Waals surface area (Å²) in [6.07, 6.45) is -1.36. The van der Waals surface area contributed by atoms with E-state index >= 15 is 0 Å². The Kier molecular flexibility index (Phi) is 8.65. The Balaban J connectivity index is 4.17. The third-order valence-corrected chi connectivity index (χ3v) is 2.47. The fourth-order valence-corrected chi connectivity index (χ4v) is 1.58. The van der Waals surface area contributed by atoms with E-state index in [0.717, 1.165) is 0 Å². The molecule has 1 unspecified atom stereocenters. The maximum Gasteiger partial charge on any atom is 0.321 e.